The maximum absolute atomic E-state index is 13.4. The summed E-state index contributed by atoms with van der Waals surface area (Å²) in [4.78, 5) is 24.3. The van der Waals surface area contributed by atoms with Crippen molar-refractivity contribution >= 4 is 23.4 Å². The first kappa shape index (κ1) is 28.0. The molecule has 3 aromatic rings. The molecular formula is C27H27ClFN2NaO5. The standard InChI is InChI=1S/C27H28ClFN2O5.Na/c28-21-13-19(29)9-7-17(21)11-20(32)12-18(8-10-24(33)34)26-25(16-5-6-16)27(36-31-26)22-14-23(35-30-22)15-3-1-2-4-15;/h7,9,13-16,18H,1-6,8,10-12H2,(H,33,34);/q;+1/p-1/t18-;/m0./s1. The maximum Gasteiger partial charge on any atom is 1.00 e. The van der Waals surface area contributed by atoms with E-state index in [0.717, 1.165) is 37.0 Å². The first-order chi connectivity index (χ1) is 17.4. The van der Waals surface area contributed by atoms with Crippen molar-refractivity contribution in [1.29, 1.82) is 0 Å². The fourth-order valence-corrected chi connectivity index (χ4v) is 5.44. The minimum absolute atomic E-state index is 0. The molecule has 0 bridgehead atoms. The number of ketones is 1. The summed E-state index contributed by atoms with van der Waals surface area (Å²) in [5.74, 6) is -0.314. The van der Waals surface area contributed by atoms with Gasteiger partial charge in [0.15, 0.2) is 11.5 Å². The molecule has 0 aliphatic heterocycles. The minimum atomic E-state index is -1.19. The molecule has 0 N–H and O–H groups in total. The van der Waals surface area contributed by atoms with E-state index < -0.39 is 17.7 Å². The molecule has 2 aliphatic rings. The zero-order valence-corrected chi connectivity index (χ0v) is 23.6. The number of benzene rings is 1. The van der Waals surface area contributed by atoms with Crippen LogP contribution in [-0.4, -0.2) is 22.1 Å². The summed E-state index contributed by atoms with van der Waals surface area (Å²) in [6, 6.07) is 5.84. The van der Waals surface area contributed by atoms with Crippen molar-refractivity contribution in [1.82, 2.24) is 10.3 Å². The van der Waals surface area contributed by atoms with Gasteiger partial charge in [-0.1, -0.05) is 40.8 Å². The van der Waals surface area contributed by atoms with Crippen molar-refractivity contribution in [3.05, 3.63) is 57.7 Å². The van der Waals surface area contributed by atoms with E-state index in [1.165, 1.54) is 31.0 Å². The number of halogens is 2. The number of carboxylic acid groups (broad SMARTS) is 1. The molecule has 2 fully saturated rings. The Morgan fingerprint density at radius 3 is 2.51 bits per heavy atom. The predicted octanol–water partition coefficient (Wildman–Crippen LogP) is 2.48. The summed E-state index contributed by atoms with van der Waals surface area (Å²) in [6.45, 7) is 0. The molecule has 2 aliphatic carbocycles. The third-order valence-electron chi connectivity index (χ3n) is 7.22. The van der Waals surface area contributed by atoms with Crippen molar-refractivity contribution in [3.63, 3.8) is 0 Å². The summed E-state index contributed by atoms with van der Waals surface area (Å²) in [5, 5.41) is 20.0. The van der Waals surface area contributed by atoms with Gasteiger partial charge in [-0.05, 0) is 62.1 Å². The predicted molar refractivity (Wildman–Crippen MR) is 127 cm³/mol. The summed E-state index contributed by atoms with van der Waals surface area (Å²) in [5.41, 5.74) is 2.59. The van der Waals surface area contributed by atoms with Gasteiger partial charge in [-0.25, -0.2) is 4.39 Å². The average molecular weight is 537 g/mol. The molecule has 10 heteroatoms. The van der Waals surface area contributed by atoms with E-state index in [2.05, 4.69) is 10.3 Å². The second-order valence-corrected chi connectivity index (χ2v) is 10.4. The van der Waals surface area contributed by atoms with Crippen LogP contribution in [0.5, 0.6) is 0 Å². The van der Waals surface area contributed by atoms with E-state index >= 15 is 0 Å². The molecular weight excluding hydrogens is 510 g/mol. The molecule has 2 heterocycles. The Morgan fingerprint density at radius 2 is 1.84 bits per heavy atom. The zero-order chi connectivity index (χ0) is 25.2. The van der Waals surface area contributed by atoms with Gasteiger partial charge in [0.1, 0.15) is 17.4 Å². The smallest absolute Gasteiger partial charge is 0.550 e. The van der Waals surface area contributed by atoms with E-state index in [0.29, 0.717) is 28.6 Å². The monoisotopic (exact) mass is 536 g/mol. The number of carboxylic acids is 1. The van der Waals surface area contributed by atoms with Crippen LogP contribution in [0.25, 0.3) is 11.5 Å². The summed E-state index contributed by atoms with van der Waals surface area (Å²) >= 11 is 6.10. The van der Waals surface area contributed by atoms with Crippen LogP contribution in [0.3, 0.4) is 0 Å². The number of hydrogen-bond donors (Lipinski definition) is 0. The number of nitrogens with zero attached hydrogens (tertiary/aromatic N) is 2. The minimum Gasteiger partial charge on any atom is -0.550 e. The molecule has 0 amide bonds. The molecule has 0 radical (unpaired) electrons. The molecule has 7 nitrogen and oxygen atoms in total. The Bertz CT molecular complexity index is 1270. The third kappa shape index (κ3) is 6.72. The van der Waals surface area contributed by atoms with Gasteiger partial charge in [0.25, 0.3) is 0 Å². The van der Waals surface area contributed by atoms with Gasteiger partial charge in [0.2, 0.25) is 0 Å². The third-order valence-corrected chi connectivity index (χ3v) is 7.57. The summed E-state index contributed by atoms with van der Waals surface area (Å²) in [6.07, 6.45) is 6.48. The van der Waals surface area contributed by atoms with Crippen LogP contribution < -0.4 is 34.7 Å². The molecule has 190 valence electrons. The number of carbonyl (C=O) groups is 2. The average Bonchev–Trinajstić information content (AvgIpc) is 3.22. The Balaban J connectivity index is 0.00000320. The van der Waals surface area contributed by atoms with E-state index in [1.54, 1.807) is 0 Å². The SMILES string of the molecule is O=C([O-])CC[C@@H](CC(=O)Cc1ccc(F)cc1Cl)c1noc(-c2cc(C3CCCC3)on2)c1C1CC1.[Na+]. The number of Topliss-reactive ketones (excluding diaryl/α,β-unsaturated/α-hetero) is 1. The molecule has 37 heavy (non-hydrogen) atoms. The number of aliphatic carboxylic acids is 1. The van der Waals surface area contributed by atoms with Gasteiger partial charge in [-0.3, -0.25) is 4.79 Å². The van der Waals surface area contributed by atoms with Crippen molar-refractivity contribution in [2.75, 3.05) is 0 Å². The molecule has 5 rings (SSSR count). The summed E-state index contributed by atoms with van der Waals surface area (Å²) < 4.78 is 24.8. The fraction of sp³-hybridized carbons (Fsp3) is 0.481. The van der Waals surface area contributed by atoms with Gasteiger partial charge < -0.3 is 18.9 Å². The Morgan fingerprint density at radius 1 is 1.08 bits per heavy atom. The van der Waals surface area contributed by atoms with Crippen molar-refractivity contribution < 1.29 is 57.7 Å². The van der Waals surface area contributed by atoms with E-state index in [4.69, 9.17) is 20.6 Å². The van der Waals surface area contributed by atoms with Crippen molar-refractivity contribution in [2.24, 2.45) is 0 Å². The largest absolute Gasteiger partial charge is 1.00 e. The number of carbonyl (C=O) groups excluding carboxylic acids is 2. The Hall–Kier alpha value is -2.00. The van der Waals surface area contributed by atoms with Gasteiger partial charge >= 0.3 is 29.6 Å². The fourth-order valence-electron chi connectivity index (χ4n) is 5.21. The second-order valence-electron chi connectivity index (χ2n) is 9.94. The van der Waals surface area contributed by atoms with Crippen LogP contribution in [0.4, 0.5) is 4.39 Å². The van der Waals surface area contributed by atoms with Crippen LogP contribution in [0.15, 0.2) is 33.3 Å². The molecule has 0 spiro atoms. The molecule has 0 saturated heterocycles. The first-order valence-electron chi connectivity index (χ1n) is 12.5. The Kier molecular flexibility index (Phi) is 9.27. The maximum atomic E-state index is 13.4. The van der Waals surface area contributed by atoms with Gasteiger partial charge in [0.05, 0.1) is 5.69 Å². The van der Waals surface area contributed by atoms with Crippen molar-refractivity contribution in [2.45, 2.75) is 82.0 Å². The van der Waals surface area contributed by atoms with E-state index in [9.17, 15) is 19.1 Å². The molecule has 2 saturated carbocycles. The normalized spacial score (nSPS) is 16.5. The number of hydrogen-bond acceptors (Lipinski definition) is 7. The summed E-state index contributed by atoms with van der Waals surface area (Å²) in [7, 11) is 0. The van der Waals surface area contributed by atoms with Gasteiger partial charge in [-0.15, -0.1) is 0 Å². The number of rotatable bonds is 11. The number of aromatic nitrogens is 2. The van der Waals surface area contributed by atoms with Crippen molar-refractivity contribution in [3.8, 4) is 11.5 Å². The quantitative estimate of drug-likeness (QED) is 0.346. The van der Waals surface area contributed by atoms with Gasteiger partial charge in [-0.2, -0.15) is 0 Å². The van der Waals surface area contributed by atoms with E-state index in [-0.39, 0.29) is 72.0 Å². The molecule has 2 aromatic heterocycles. The molecule has 0 unspecified atom stereocenters. The van der Waals surface area contributed by atoms with Crippen LogP contribution in [-0.2, 0) is 16.0 Å². The first-order valence-corrected chi connectivity index (χ1v) is 12.9. The molecule has 1 atom stereocenters. The Labute approximate surface area is 241 Å². The van der Waals surface area contributed by atoms with Crippen LogP contribution in [0.2, 0.25) is 5.02 Å². The van der Waals surface area contributed by atoms with Gasteiger partial charge in [0, 0.05) is 47.3 Å². The topological polar surface area (TPSA) is 109 Å². The van der Waals surface area contributed by atoms with Crippen LogP contribution in [0.1, 0.15) is 98.1 Å². The zero-order valence-electron chi connectivity index (χ0n) is 20.8. The van der Waals surface area contributed by atoms with Crippen LogP contribution in [0, 0.1) is 5.82 Å². The van der Waals surface area contributed by atoms with Crippen LogP contribution >= 0.6 is 11.6 Å². The van der Waals surface area contributed by atoms with E-state index in [1.807, 2.05) is 6.07 Å². The second kappa shape index (κ2) is 12.2. The molecule has 1 aromatic carbocycles.